The second kappa shape index (κ2) is 8.09. The summed E-state index contributed by atoms with van der Waals surface area (Å²) in [6.45, 7) is 1.76. The zero-order valence-corrected chi connectivity index (χ0v) is 15.9. The Morgan fingerprint density at radius 1 is 1.04 bits per heavy atom. The topological polar surface area (TPSA) is 45.8 Å². The van der Waals surface area contributed by atoms with E-state index in [2.05, 4.69) is 9.97 Å². The van der Waals surface area contributed by atoms with Crippen molar-refractivity contribution in [2.24, 2.45) is 0 Å². The van der Waals surface area contributed by atoms with Crippen LogP contribution in [0.3, 0.4) is 0 Å². The smallest absolute Gasteiger partial charge is 0.254 e. The van der Waals surface area contributed by atoms with Gasteiger partial charge in [-0.25, -0.2) is 4.98 Å². The second-order valence-corrected chi connectivity index (χ2v) is 7.37. The van der Waals surface area contributed by atoms with E-state index < -0.39 is 0 Å². The molecule has 6 heteroatoms. The second-order valence-electron chi connectivity index (χ2n) is 5.59. The molecule has 2 aromatic carbocycles. The molecule has 0 saturated heterocycles. The van der Waals surface area contributed by atoms with E-state index in [-0.39, 0.29) is 5.56 Å². The Morgan fingerprint density at radius 3 is 2.40 bits per heavy atom. The van der Waals surface area contributed by atoms with Crippen LogP contribution in [0.1, 0.15) is 22.4 Å². The van der Waals surface area contributed by atoms with E-state index >= 15 is 0 Å². The van der Waals surface area contributed by atoms with Gasteiger partial charge in [0, 0.05) is 27.8 Å². The molecule has 0 aliphatic rings. The predicted octanol–water partition coefficient (Wildman–Crippen LogP) is 5.27. The molecule has 3 aromatic rings. The van der Waals surface area contributed by atoms with E-state index in [9.17, 15) is 4.79 Å². The van der Waals surface area contributed by atoms with Crippen molar-refractivity contribution >= 4 is 35.0 Å². The van der Waals surface area contributed by atoms with Crippen LogP contribution >= 0.6 is 35.0 Å². The maximum absolute atomic E-state index is 12.3. The average Bonchev–Trinajstić information content (AvgIpc) is 2.61. The van der Waals surface area contributed by atoms with Gasteiger partial charge in [0.2, 0.25) is 0 Å². The number of aromatic amines is 1. The quantitative estimate of drug-likeness (QED) is 0.476. The van der Waals surface area contributed by atoms with Crippen molar-refractivity contribution in [3.63, 3.8) is 0 Å². The SMILES string of the molecule is Cc1c(Cc2c(Cl)cccc2Cl)nc(SCc2ccccc2)[nH]c1=O. The normalized spacial score (nSPS) is 10.8. The Kier molecular flexibility index (Phi) is 5.84. The van der Waals surface area contributed by atoms with Crippen molar-refractivity contribution in [3.8, 4) is 0 Å². The lowest BCUT2D eigenvalue weighted by atomic mass is 10.1. The fraction of sp³-hybridized carbons (Fsp3) is 0.158. The summed E-state index contributed by atoms with van der Waals surface area (Å²) < 4.78 is 0. The summed E-state index contributed by atoms with van der Waals surface area (Å²) in [5.74, 6) is 0.735. The summed E-state index contributed by atoms with van der Waals surface area (Å²) in [6.07, 6.45) is 0.424. The van der Waals surface area contributed by atoms with Crippen LogP contribution in [0.2, 0.25) is 10.0 Å². The van der Waals surface area contributed by atoms with Gasteiger partial charge in [0.15, 0.2) is 5.16 Å². The number of benzene rings is 2. The first-order valence-corrected chi connectivity index (χ1v) is 9.48. The molecule has 3 rings (SSSR count). The number of rotatable bonds is 5. The minimum Gasteiger partial charge on any atom is -0.301 e. The standard InChI is InChI=1S/C19H16Cl2N2OS/c1-12-17(10-14-15(20)8-5-9-16(14)21)22-19(23-18(12)24)25-11-13-6-3-2-4-7-13/h2-9H,10-11H2,1H3,(H,22,23,24). The van der Waals surface area contributed by atoms with Gasteiger partial charge in [-0.1, -0.05) is 71.4 Å². The lowest BCUT2D eigenvalue weighted by Gasteiger charge is -2.10. The molecule has 3 nitrogen and oxygen atoms in total. The number of hydrogen-bond donors (Lipinski definition) is 1. The lowest BCUT2D eigenvalue weighted by Crippen LogP contribution is -2.16. The van der Waals surface area contributed by atoms with Gasteiger partial charge in [0.1, 0.15) is 0 Å². The molecule has 0 atom stereocenters. The molecule has 0 radical (unpaired) electrons. The van der Waals surface area contributed by atoms with Crippen molar-refractivity contribution in [3.05, 3.63) is 91.3 Å². The Balaban J connectivity index is 1.87. The maximum Gasteiger partial charge on any atom is 0.254 e. The van der Waals surface area contributed by atoms with Gasteiger partial charge >= 0.3 is 0 Å². The number of aromatic nitrogens is 2. The van der Waals surface area contributed by atoms with Gasteiger partial charge in [-0.2, -0.15) is 0 Å². The van der Waals surface area contributed by atoms with Crippen LogP contribution in [0, 0.1) is 6.92 Å². The molecule has 0 spiro atoms. The summed E-state index contributed by atoms with van der Waals surface area (Å²) in [5, 5.41) is 1.75. The van der Waals surface area contributed by atoms with Crippen LogP contribution < -0.4 is 5.56 Å². The first-order valence-electron chi connectivity index (χ1n) is 7.74. The Bertz CT molecular complexity index is 922. The summed E-state index contributed by atoms with van der Waals surface area (Å²) in [5.41, 5.74) is 3.09. The van der Waals surface area contributed by atoms with E-state index in [0.29, 0.717) is 32.9 Å². The van der Waals surface area contributed by atoms with Gasteiger partial charge in [-0.3, -0.25) is 4.79 Å². The molecule has 0 fully saturated rings. The summed E-state index contributed by atoms with van der Waals surface area (Å²) in [4.78, 5) is 19.7. The summed E-state index contributed by atoms with van der Waals surface area (Å²) >= 11 is 14.0. The third-order valence-corrected chi connectivity index (χ3v) is 5.51. The fourth-order valence-electron chi connectivity index (χ4n) is 2.39. The Labute approximate surface area is 160 Å². The van der Waals surface area contributed by atoms with Crippen molar-refractivity contribution < 1.29 is 0 Å². The first kappa shape index (κ1) is 18.1. The fourth-order valence-corrected chi connectivity index (χ4v) is 3.76. The zero-order valence-electron chi connectivity index (χ0n) is 13.6. The molecule has 0 saturated carbocycles. The van der Waals surface area contributed by atoms with E-state index in [1.54, 1.807) is 25.1 Å². The van der Waals surface area contributed by atoms with Crippen LogP contribution in [0.4, 0.5) is 0 Å². The minimum absolute atomic E-state index is 0.135. The van der Waals surface area contributed by atoms with E-state index in [1.807, 2.05) is 30.3 Å². The molecule has 0 unspecified atom stereocenters. The molecule has 1 heterocycles. The first-order chi connectivity index (χ1) is 12.0. The zero-order chi connectivity index (χ0) is 17.8. The van der Waals surface area contributed by atoms with Crippen LogP contribution in [0.25, 0.3) is 0 Å². The third kappa shape index (κ3) is 4.46. The number of thioether (sulfide) groups is 1. The van der Waals surface area contributed by atoms with Crippen LogP contribution in [0.5, 0.6) is 0 Å². The molecule has 1 N–H and O–H groups in total. The van der Waals surface area contributed by atoms with Crippen molar-refractivity contribution in [2.45, 2.75) is 24.3 Å². The molecule has 0 amide bonds. The number of H-pyrrole nitrogens is 1. The van der Waals surface area contributed by atoms with Crippen molar-refractivity contribution in [2.75, 3.05) is 0 Å². The van der Waals surface area contributed by atoms with Crippen molar-refractivity contribution in [1.82, 2.24) is 9.97 Å². The number of nitrogens with one attached hydrogen (secondary N) is 1. The highest BCUT2D eigenvalue weighted by molar-refractivity contribution is 7.98. The lowest BCUT2D eigenvalue weighted by molar-refractivity contribution is 0.858. The molecule has 128 valence electrons. The molecular formula is C19H16Cl2N2OS. The minimum atomic E-state index is -0.135. The third-order valence-electron chi connectivity index (χ3n) is 3.85. The molecule has 1 aromatic heterocycles. The van der Waals surface area contributed by atoms with Gasteiger partial charge in [-0.05, 0) is 30.2 Å². The Hall–Kier alpha value is -1.75. The molecule has 25 heavy (non-hydrogen) atoms. The van der Waals surface area contributed by atoms with E-state index in [1.165, 1.54) is 17.3 Å². The van der Waals surface area contributed by atoms with Gasteiger partial charge in [0.25, 0.3) is 5.56 Å². The number of nitrogens with zero attached hydrogens (tertiary/aromatic N) is 1. The largest absolute Gasteiger partial charge is 0.301 e. The molecular weight excluding hydrogens is 375 g/mol. The molecule has 0 aliphatic carbocycles. The Morgan fingerprint density at radius 2 is 1.72 bits per heavy atom. The average molecular weight is 391 g/mol. The summed E-state index contributed by atoms with van der Waals surface area (Å²) in [6, 6.07) is 15.4. The van der Waals surface area contributed by atoms with Crippen LogP contribution in [-0.4, -0.2) is 9.97 Å². The van der Waals surface area contributed by atoms with Crippen LogP contribution in [0.15, 0.2) is 58.5 Å². The molecule has 0 bridgehead atoms. The van der Waals surface area contributed by atoms with Gasteiger partial charge < -0.3 is 4.98 Å². The maximum atomic E-state index is 12.3. The van der Waals surface area contributed by atoms with Gasteiger partial charge in [-0.15, -0.1) is 0 Å². The highest BCUT2D eigenvalue weighted by Crippen LogP contribution is 2.27. The predicted molar refractivity (Wildman–Crippen MR) is 105 cm³/mol. The highest BCUT2D eigenvalue weighted by atomic mass is 35.5. The van der Waals surface area contributed by atoms with Crippen molar-refractivity contribution in [1.29, 1.82) is 0 Å². The van der Waals surface area contributed by atoms with Crippen LogP contribution in [-0.2, 0) is 12.2 Å². The number of halogens is 2. The van der Waals surface area contributed by atoms with E-state index in [0.717, 1.165) is 11.3 Å². The summed E-state index contributed by atoms with van der Waals surface area (Å²) in [7, 11) is 0. The van der Waals surface area contributed by atoms with Gasteiger partial charge in [0.05, 0.1) is 5.69 Å². The van der Waals surface area contributed by atoms with E-state index in [4.69, 9.17) is 23.2 Å². The monoisotopic (exact) mass is 390 g/mol. The number of hydrogen-bond acceptors (Lipinski definition) is 3. The molecule has 0 aliphatic heterocycles. The highest BCUT2D eigenvalue weighted by Gasteiger charge is 2.13.